The Bertz CT molecular complexity index is 1740. The number of nitriles is 1. The minimum Gasteiger partial charge on any atom is -0.434 e. The van der Waals surface area contributed by atoms with Crippen molar-refractivity contribution in [2.24, 2.45) is 5.92 Å². The van der Waals surface area contributed by atoms with Crippen molar-refractivity contribution in [3.63, 3.8) is 0 Å². The van der Waals surface area contributed by atoms with Crippen molar-refractivity contribution in [1.82, 2.24) is 9.55 Å². The van der Waals surface area contributed by atoms with Gasteiger partial charge in [-0.15, -0.1) is 0 Å². The number of benzene rings is 2. The van der Waals surface area contributed by atoms with Crippen molar-refractivity contribution in [3.05, 3.63) is 76.0 Å². The molecule has 0 saturated heterocycles. The van der Waals surface area contributed by atoms with E-state index in [4.69, 9.17) is 4.74 Å². The maximum atomic E-state index is 12.3. The molecule has 1 N–H and O–H groups in total. The van der Waals surface area contributed by atoms with Crippen LogP contribution < -0.4 is 9.46 Å². The molecule has 4 aromatic rings. The second-order valence-corrected chi connectivity index (χ2v) is 11.5. The van der Waals surface area contributed by atoms with E-state index >= 15 is 0 Å². The van der Waals surface area contributed by atoms with Crippen LogP contribution in [0.4, 0.5) is 11.4 Å². The monoisotopic (exact) mass is 545 g/mol. The quantitative estimate of drug-likeness (QED) is 0.186. The van der Waals surface area contributed by atoms with Gasteiger partial charge in [0.1, 0.15) is 11.8 Å². The van der Waals surface area contributed by atoms with Crippen LogP contribution in [0.1, 0.15) is 37.3 Å². The van der Waals surface area contributed by atoms with E-state index in [-0.39, 0.29) is 17.3 Å². The van der Waals surface area contributed by atoms with Crippen LogP contribution in [0.3, 0.4) is 0 Å². The van der Waals surface area contributed by atoms with Crippen molar-refractivity contribution >= 4 is 32.3 Å². The van der Waals surface area contributed by atoms with Crippen molar-refractivity contribution in [1.29, 1.82) is 5.26 Å². The molecule has 1 saturated carbocycles. The standard InChI is InChI=1S/C28H27N5O5S/c1-3-13-39(36,37)31-20-8-10-22(18(2)14-20)27-24(16-29)23-11-9-21(15-26(23)32(27)17-19-6-7-19)38-28-25(33(34)35)5-4-12-30-28/h4-5,8-12,14-15,19,31H,3,6-7,13,17H2,1-2H3. The third-order valence-corrected chi connectivity index (χ3v) is 8.17. The number of hydrogen-bond donors (Lipinski definition) is 1. The first-order valence-corrected chi connectivity index (χ1v) is 14.3. The van der Waals surface area contributed by atoms with Crippen LogP contribution in [0.25, 0.3) is 22.2 Å². The number of anilines is 1. The Morgan fingerprint density at radius 3 is 2.69 bits per heavy atom. The van der Waals surface area contributed by atoms with Crippen molar-refractivity contribution in [3.8, 4) is 29.0 Å². The van der Waals surface area contributed by atoms with E-state index in [0.717, 1.165) is 40.6 Å². The molecule has 0 aliphatic heterocycles. The fourth-order valence-corrected chi connectivity index (χ4v) is 5.86. The third kappa shape index (κ3) is 5.42. The van der Waals surface area contributed by atoms with E-state index in [1.807, 2.05) is 19.9 Å². The van der Waals surface area contributed by atoms with Gasteiger partial charge in [-0.05, 0) is 68.0 Å². The van der Waals surface area contributed by atoms with E-state index in [9.17, 15) is 23.8 Å². The van der Waals surface area contributed by atoms with Crippen LogP contribution in [0.15, 0.2) is 54.7 Å². The Balaban J connectivity index is 1.61. The zero-order chi connectivity index (χ0) is 27.7. The maximum Gasteiger partial charge on any atom is 0.331 e. The molecule has 0 bridgehead atoms. The number of aromatic nitrogens is 2. The molecule has 11 heteroatoms. The second-order valence-electron chi connectivity index (χ2n) is 9.71. The molecule has 0 spiro atoms. The molecule has 1 aliphatic rings. The van der Waals surface area contributed by atoms with Crippen molar-refractivity contribution < 1.29 is 18.1 Å². The first kappa shape index (κ1) is 26.2. The van der Waals surface area contributed by atoms with Gasteiger partial charge < -0.3 is 9.30 Å². The summed E-state index contributed by atoms with van der Waals surface area (Å²) in [5.41, 5.74) is 3.91. The van der Waals surface area contributed by atoms with E-state index in [1.165, 1.54) is 18.3 Å². The number of pyridine rings is 1. The highest BCUT2D eigenvalue weighted by atomic mass is 32.2. The molecule has 5 rings (SSSR count). The predicted molar refractivity (Wildman–Crippen MR) is 148 cm³/mol. The van der Waals surface area contributed by atoms with Gasteiger partial charge in [0.25, 0.3) is 5.88 Å². The van der Waals surface area contributed by atoms with E-state index < -0.39 is 14.9 Å². The minimum absolute atomic E-state index is 0.0358. The summed E-state index contributed by atoms with van der Waals surface area (Å²) < 4.78 is 35.1. The first-order valence-electron chi connectivity index (χ1n) is 12.7. The smallest absolute Gasteiger partial charge is 0.331 e. The second kappa shape index (κ2) is 10.4. The van der Waals surface area contributed by atoms with Gasteiger partial charge >= 0.3 is 5.69 Å². The molecule has 2 aromatic carbocycles. The Labute approximate surface area is 226 Å². The summed E-state index contributed by atoms with van der Waals surface area (Å²) >= 11 is 0. The Morgan fingerprint density at radius 1 is 1.23 bits per heavy atom. The number of aryl methyl sites for hydroxylation is 1. The molecule has 0 radical (unpaired) electrons. The number of nitrogens with zero attached hydrogens (tertiary/aromatic N) is 4. The van der Waals surface area contributed by atoms with Crippen molar-refractivity contribution in [2.45, 2.75) is 39.7 Å². The molecule has 0 amide bonds. The number of ether oxygens (including phenoxy) is 1. The molecule has 0 unspecified atom stereocenters. The molecule has 0 atom stereocenters. The average Bonchev–Trinajstić information content (AvgIpc) is 3.66. The number of nitro groups is 1. The zero-order valence-electron chi connectivity index (χ0n) is 21.5. The fourth-order valence-electron chi connectivity index (χ4n) is 4.74. The molecule has 200 valence electrons. The van der Waals surface area contributed by atoms with Gasteiger partial charge in [-0.25, -0.2) is 13.4 Å². The van der Waals surface area contributed by atoms with Crippen LogP contribution in [0.5, 0.6) is 11.6 Å². The third-order valence-electron chi connectivity index (χ3n) is 6.68. The molecule has 2 heterocycles. The Morgan fingerprint density at radius 2 is 2.03 bits per heavy atom. The van der Waals surface area contributed by atoms with Gasteiger partial charge in [0.15, 0.2) is 0 Å². The molecule has 1 aliphatic carbocycles. The topological polar surface area (TPSA) is 140 Å². The summed E-state index contributed by atoms with van der Waals surface area (Å²) in [5, 5.41) is 22.4. The highest BCUT2D eigenvalue weighted by Gasteiger charge is 2.28. The average molecular weight is 546 g/mol. The summed E-state index contributed by atoms with van der Waals surface area (Å²) in [6.07, 6.45) is 4.12. The highest BCUT2D eigenvalue weighted by molar-refractivity contribution is 7.92. The lowest BCUT2D eigenvalue weighted by molar-refractivity contribution is -0.386. The SMILES string of the molecule is CCCS(=O)(=O)Nc1ccc(-c2c(C#N)c3ccc(Oc4ncccc4[N+](=O)[O-])cc3n2CC2CC2)c(C)c1. The van der Waals surface area contributed by atoms with Crippen LogP contribution in [0.2, 0.25) is 0 Å². The summed E-state index contributed by atoms with van der Waals surface area (Å²) in [4.78, 5) is 14.9. The number of hydrogen-bond acceptors (Lipinski definition) is 7. The van der Waals surface area contributed by atoms with Gasteiger partial charge in [-0.1, -0.05) is 13.0 Å². The molecule has 2 aromatic heterocycles. The summed E-state index contributed by atoms with van der Waals surface area (Å²) in [6.45, 7) is 4.40. The number of sulfonamides is 1. The van der Waals surface area contributed by atoms with Crippen LogP contribution in [0, 0.1) is 34.3 Å². The summed E-state index contributed by atoms with van der Waals surface area (Å²) in [5.74, 6) is 0.772. The number of nitrogens with one attached hydrogen (secondary N) is 1. The normalized spacial score (nSPS) is 13.3. The number of rotatable bonds is 10. The Kier molecular flexibility index (Phi) is 6.97. The van der Waals surface area contributed by atoms with E-state index in [2.05, 4.69) is 20.3 Å². The predicted octanol–water partition coefficient (Wildman–Crippen LogP) is 6.15. The molecular weight excluding hydrogens is 518 g/mol. The van der Waals surface area contributed by atoms with E-state index in [0.29, 0.717) is 35.9 Å². The lowest BCUT2D eigenvalue weighted by Crippen LogP contribution is -2.16. The van der Waals surface area contributed by atoms with E-state index in [1.54, 1.807) is 30.3 Å². The zero-order valence-corrected chi connectivity index (χ0v) is 22.4. The molecule has 39 heavy (non-hydrogen) atoms. The molecule has 1 fully saturated rings. The molecule has 10 nitrogen and oxygen atoms in total. The minimum atomic E-state index is -3.44. The summed E-state index contributed by atoms with van der Waals surface area (Å²) in [7, 11) is -3.44. The lowest BCUT2D eigenvalue weighted by Gasteiger charge is -2.15. The van der Waals surface area contributed by atoms with Crippen LogP contribution >= 0.6 is 0 Å². The highest BCUT2D eigenvalue weighted by Crippen LogP contribution is 2.41. The van der Waals surface area contributed by atoms with Gasteiger partial charge in [-0.3, -0.25) is 14.8 Å². The van der Waals surface area contributed by atoms with Crippen LogP contribution in [-0.4, -0.2) is 28.6 Å². The molecular formula is C28H27N5O5S. The Hall–Kier alpha value is -4.43. The largest absolute Gasteiger partial charge is 0.434 e. The number of fused-ring (bicyclic) bond motifs is 1. The van der Waals surface area contributed by atoms with Crippen LogP contribution in [-0.2, 0) is 16.6 Å². The van der Waals surface area contributed by atoms with Gasteiger partial charge in [0, 0.05) is 41.5 Å². The van der Waals surface area contributed by atoms with Gasteiger partial charge in [0.2, 0.25) is 10.0 Å². The van der Waals surface area contributed by atoms with Gasteiger partial charge in [-0.2, -0.15) is 5.26 Å². The first-order chi connectivity index (χ1) is 18.7. The van der Waals surface area contributed by atoms with Crippen molar-refractivity contribution in [2.75, 3.05) is 10.5 Å². The lowest BCUT2D eigenvalue weighted by atomic mass is 10.0. The van der Waals surface area contributed by atoms with Gasteiger partial charge in [0.05, 0.1) is 27.5 Å². The summed E-state index contributed by atoms with van der Waals surface area (Å²) in [6, 6.07) is 15.7. The maximum absolute atomic E-state index is 12.3. The fraction of sp³-hybridized carbons (Fsp3) is 0.286.